The van der Waals surface area contributed by atoms with Crippen LogP contribution in [0.4, 0.5) is 0 Å². The van der Waals surface area contributed by atoms with Crippen LogP contribution in [0, 0.1) is 6.92 Å². The maximum atomic E-state index is 11.6. The van der Waals surface area contributed by atoms with E-state index in [1.807, 2.05) is 61.5 Å². The van der Waals surface area contributed by atoms with Gasteiger partial charge in [0.15, 0.2) is 0 Å². The first kappa shape index (κ1) is 21.2. The van der Waals surface area contributed by atoms with Gasteiger partial charge in [-0.2, -0.15) is 0 Å². The SMILES string of the molecule is CCCSC(Cc1ccc2oc(Cc3nc(-c4ccccc4)oc3C)cc2c1)C(=O)O. The number of fused-ring (bicyclic) bond motifs is 1. The summed E-state index contributed by atoms with van der Waals surface area (Å²) in [6, 6.07) is 17.7. The number of hydrogen-bond donors (Lipinski definition) is 1. The molecular formula is C25H25NO4S. The van der Waals surface area contributed by atoms with Crippen LogP contribution in [0.2, 0.25) is 0 Å². The summed E-state index contributed by atoms with van der Waals surface area (Å²) in [7, 11) is 0. The van der Waals surface area contributed by atoms with E-state index in [0.29, 0.717) is 18.7 Å². The Bertz CT molecular complexity index is 1180. The van der Waals surface area contributed by atoms with E-state index in [9.17, 15) is 9.90 Å². The van der Waals surface area contributed by atoms with E-state index >= 15 is 0 Å². The fourth-order valence-corrected chi connectivity index (χ4v) is 4.49. The predicted molar refractivity (Wildman–Crippen MR) is 124 cm³/mol. The maximum Gasteiger partial charge on any atom is 0.316 e. The highest BCUT2D eigenvalue weighted by Crippen LogP contribution is 2.27. The Morgan fingerprint density at radius 1 is 1.13 bits per heavy atom. The van der Waals surface area contributed by atoms with E-state index in [1.54, 1.807) is 0 Å². The van der Waals surface area contributed by atoms with E-state index < -0.39 is 11.2 Å². The Hall–Kier alpha value is -2.99. The van der Waals surface area contributed by atoms with Crippen molar-refractivity contribution in [1.29, 1.82) is 0 Å². The molecule has 2 aromatic heterocycles. The number of aromatic nitrogens is 1. The van der Waals surface area contributed by atoms with Crippen molar-refractivity contribution < 1.29 is 18.7 Å². The van der Waals surface area contributed by atoms with Gasteiger partial charge in [-0.05, 0) is 61.4 Å². The third kappa shape index (κ3) is 5.02. The molecule has 0 aliphatic carbocycles. The molecule has 0 aliphatic rings. The first-order valence-electron chi connectivity index (χ1n) is 10.4. The number of aryl methyl sites for hydroxylation is 1. The van der Waals surface area contributed by atoms with E-state index in [2.05, 4.69) is 11.9 Å². The normalized spacial score (nSPS) is 12.3. The number of thioether (sulfide) groups is 1. The molecule has 5 nitrogen and oxygen atoms in total. The second-order valence-electron chi connectivity index (χ2n) is 7.55. The average Bonchev–Trinajstić information content (AvgIpc) is 3.34. The van der Waals surface area contributed by atoms with Crippen LogP contribution in [0.3, 0.4) is 0 Å². The first-order valence-corrected chi connectivity index (χ1v) is 11.5. The Balaban J connectivity index is 1.52. The summed E-state index contributed by atoms with van der Waals surface area (Å²) in [6.07, 6.45) is 2.00. The summed E-state index contributed by atoms with van der Waals surface area (Å²) in [4.78, 5) is 16.2. The number of aliphatic carboxylic acids is 1. The standard InChI is InChI=1S/C25H25NO4S/c1-3-11-31-23(25(27)28)13-17-9-10-22-19(12-17)14-20(30-22)15-21-16(2)29-24(26-21)18-7-5-4-6-8-18/h4-10,12,14,23H,3,11,13,15H2,1-2H3,(H,27,28). The molecule has 0 amide bonds. The minimum atomic E-state index is -0.762. The summed E-state index contributed by atoms with van der Waals surface area (Å²) in [6.45, 7) is 3.97. The topological polar surface area (TPSA) is 76.5 Å². The first-order chi connectivity index (χ1) is 15.0. The molecule has 4 rings (SSSR count). The highest BCUT2D eigenvalue weighted by atomic mass is 32.2. The maximum absolute atomic E-state index is 11.6. The molecule has 4 aromatic rings. The van der Waals surface area contributed by atoms with Crippen LogP contribution in [0.15, 0.2) is 63.4 Å². The fraction of sp³-hybridized carbons (Fsp3) is 0.280. The Morgan fingerprint density at radius 3 is 2.68 bits per heavy atom. The largest absolute Gasteiger partial charge is 0.480 e. The molecule has 0 spiro atoms. The van der Waals surface area contributed by atoms with Crippen molar-refractivity contribution in [3.63, 3.8) is 0 Å². The number of carbonyl (C=O) groups is 1. The van der Waals surface area contributed by atoms with E-state index in [0.717, 1.165) is 51.5 Å². The lowest BCUT2D eigenvalue weighted by Gasteiger charge is -2.11. The number of nitrogens with zero attached hydrogens (tertiary/aromatic N) is 1. The van der Waals surface area contributed by atoms with E-state index in [-0.39, 0.29) is 0 Å². The van der Waals surface area contributed by atoms with Crippen molar-refractivity contribution in [2.24, 2.45) is 0 Å². The highest BCUT2D eigenvalue weighted by Gasteiger charge is 2.19. The van der Waals surface area contributed by atoms with Crippen LogP contribution in [0.5, 0.6) is 0 Å². The monoisotopic (exact) mass is 435 g/mol. The van der Waals surface area contributed by atoms with Gasteiger partial charge in [0.2, 0.25) is 5.89 Å². The van der Waals surface area contributed by atoms with Crippen molar-refractivity contribution in [3.8, 4) is 11.5 Å². The van der Waals surface area contributed by atoms with Crippen LogP contribution < -0.4 is 0 Å². The van der Waals surface area contributed by atoms with Gasteiger partial charge in [0.05, 0.1) is 12.1 Å². The molecule has 0 aliphatic heterocycles. The van der Waals surface area contributed by atoms with Crippen LogP contribution in [0.1, 0.15) is 36.1 Å². The van der Waals surface area contributed by atoms with Crippen molar-refractivity contribution in [3.05, 3.63) is 77.4 Å². The number of carboxylic acids is 1. The highest BCUT2D eigenvalue weighted by molar-refractivity contribution is 8.00. The molecular weight excluding hydrogens is 410 g/mol. The molecule has 2 aromatic carbocycles. The van der Waals surface area contributed by atoms with Gasteiger partial charge in [0.25, 0.3) is 0 Å². The minimum Gasteiger partial charge on any atom is -0.480 e. The number of furan rings is 1. The zero-order valence-electron chi connectivity index (χ0n) is 17.6. The van der Waals surface area contributed by atoms with Crippen molar-refractivity contribution >= 4 is 28.7 Å². The number of benzene rings is 2. The molecule has 0 saturated carbocycles. The minimum absolute atomic E-state index is 0.432. The fourth-order valence-electron chi connectivity index (χ4n) is 3.51. The van der Waals surface area contributed by atoms with Crippen molar-refractivity contribution in [1.82, 2.24) is 4.98 Å². The molecule has 2 heterocycles. The molecule has 31 heavy (non-hydrogen) atoms. The predicted octanol–water partition coefficient (Wildman–Crippen LogP) is 6.13. The molecule has 0 bridgehead atoms. The third-order valence-corrected chi connectivity index (χ3v) is 6.52. The number of hydrogen-bond acceptors (Lipinski definition) is 5. The van der Waals surface area contributed by atoms with Gasteiger partial charge in [-0.25, -0.2) is 4.98 Å². The van der Waals surface area contributed by atoms with Crippen LogP contribution in [-0.4, -0.2) is 27.1 Å². The average molecular weight is 436 g/mol. The Kier molecular flexibility index (Phi) is 6.47. The lowest BCUT2D eigenvalue weighted by atomic mass is 10.1. The zero-order chi connectivity index (χ0) is 21.8. The number of carboxylic acid groups (broad SMARTS) is 1. The van der Waals surface area contributed by atoms with Crippen LogP contribution in [0.25, 0.3) is 22.4 Å². The van der Waals surface area contributed by atoms with Crippen LogP contribution in [-0.2, 0) is 17.6 Å². The summed E-state index contributed by atoms with van der Waals surface area (Å²) >= 11 is 1.50. The second kappa shape index (κ2) is 9.43. The van der Waals surface area contributed by atoms with Gasteiger partial charge >= 0.3 is 5.97 Å². The third-order valence-electron chi connectivity index (χ3n) is 5.11. The van der Waals surface area contributed by atoms with E-state index in [1.165, 1.54) is 11.8 Å². The molecule has 160 valence electrons. The van der Waals surface area contributed by atoms with Gasteiger partial charge in [0.1, 0.15) is 22.4 Å². The summed E-state index contributed by atoms with van der Waals surface area (Å²) in [5.41, 5.74) is 3.58. The van der Waals surface area contributed by atoms with Crippen molar-refractivity contribution in [2.75, 3.05) is 5.75 Å². The molecule has 0 saturated heterocycles. The number of rotatable bonds is 9. The van der Waals surface area contributed by atoms with Crippen molar-refractivity contribution in [2.45, 2.75) is 38.4 Å². The second-order valence-corrected chi connectivity index (χ2v) is 8.86. The molecule has 0 fully saturated rings. The summed E-state index contributed by atoms with van der Waals surface area (Å²) in [5.74, 6) is 2.27. The lowest BCUT2D eigenvalue weighted by molar-refractivity contribution is -0.136. The Morgan fingerprint density at radius 2 is 1.94 bits per heavy atom. The summed E-state index contributed by atoms with van der Waals surface area (Å²) < 4.78 is 11.9. The molecule has 1 N–H and O–H groups in total. The van der Waals surface area contributed by atoms with Gasteiger partial charge in [0, 0.05) is 10.9 Å². The smallest absolute Gasteiger partial charge is 0.316 e. The van der Waals surface area contributed by atoms with Gasteiger partial charge in [-0.15, -0.1) is 11.8 Å². The quantitative estimate of drug-likeness (QED) is 0.341. The zero-order valence-corrected chi connectivity index (χ0v) is 18.4. The van der Waals surface area contributed by atoms with Gasteiger partial charge < -0.3 is 13.9 Å². The molecule has 0 radical (unpaired) electrons. The van der Waals surface area contributed by atoms with E-state index in [4.69, 9.17) is 8.83 Å². The molecule has 6 heteroatoms. The molecule has 1 atom stereocenters. The number of oxazole rings is 1. The Labute approximate surface area is 185 Å². The van der Waals surface area contributed by atoms with Gasteiger partial charge in [-0.1, -0.05) is 31.2 Å². The molecule has 1 unspecified atom stereocenters. The lowest BCUT2D eigenvalue weighted by Crippen LogP contribution is -2.19. The van der Waals surface area contributed by atoms with Crippen LogP contribution >= 0.6 is 11.8 Å². The summed E-state index contributed by atoms with van der Waals surface area (Å²) in [5, 5.41) is 10.0. The van der Waals surface area contributed by atoms with Gasteiger partial charge in [-0.3, -0.25) is 4.79 Å².